The van der Waals surface area contributed by atoms with E-state index < -0.39 is 16.4 Å². The van der Waals surface area contributed by atoms with Crippen LogP contribution in [0.5, 0.6) is 0 Å². The number of esters is 2. The number of ether oxygens (including phenoxy) is 2. The largest absolute Gasteiger partial charge is 0.462 e. The Morgan fingerprint density at radius 3 is 2.00 bits per heavy atom. The van der Waals surface area contributed by atoms with Crippen molar-refractivity contribution in [3.63, 3.8) is 0 Å². The van der Waals surface area contributed by atoms with Crippen LogP contribution >= 0.6 is 0 Å². The van der Waals surface area contributed by atoms with Gasteiger partial charge in [-0.3, -0.25) is 9.59 Å². The van der Waals surface area contributed by atoms with Crippen LogP contribution in [0.3, 0.4) is 0 Å². The molecule has 0 aromatic heterocycles. The lowest BCUT2D eigenvalue weighted by molar-refractivity contribution is -0.172. The van der Waals surface area contributed by atoms with E-state index in [1.165, 1.54) is 0 Å². The molecule has 1 heterocycles. The summed E-state index contributed by atoms with van der Waals surface area (Å²) in [6, 6.07) is 0. The maximum atomic E-state index is 12.8. The van der Waals surface area contributed by atoms with Crippen molar-refractivity contribution in [2.45, 2.75) is 85.9 Å². The molecule has 1 unspecified atom stereocenters. The van der Waals surface area contributed by atoms with Gasteiger partial charge in [0.15, 0.2) is 0 Å². The number of nitrogens with one attached hydrogen (secondary N) is 1. The fourth-order valence-corrected chi connectivity index (χ4v) is 3.01. The lowest BCUT2D eigenvalue weighted by Gasteiger charge is -2.36. The Morgan fingerprint density at radius 2 is 1.54 bits per heavy atom. The minimum Gasteiger partial charge on any atom is -0.462 e. The molecule has 0 bridgehead atoms. The van der Waals surface area contributed by atoms with E-state index in [9.17, 15) is 9.59 Å². The van der Waals surface area contributed by atoms with Gasteiger partial charge in [0, 0.05) is 0 Å². The van der Waals surface area contributed by atoms with Crippen molar-refractivity contribution in [1.82, 2.24) is 5.32 Å². The smallest absolute Gasteiger partial charge is 0.312 e. The summed E-state index contributed by atoms with van der Waals surface area (Å²) in [5, 5.41) is 3.26. The summed E-state index contributed by atoms with van der Waals surface area (Å²) >= 11 is 0. The van der Waals surface area contributed by atoms with Gasteiger partial charge in [0.1, 0.15) is 11.7 Å². The van der Waals surface area contributed by atoms with Gasteiger partial charge in [0.25, 0.3) is 0 Å². The first-order chi connectivity index (χ1) is 10.9. The highest BCUT2D eigenvalue weighted by Gasteiger charge is 2.44. The number of rotatable bonds is 6. The fraction of sp³-hybridized carbons (Fsp3) is 0.895. The summed E-state index contributed by atoms with van der Waals surface area (Å²) < 4.78 is 11.3. The molecule has 1 N–H and O–H groups in total. The standard InChI is InChI=1S/C19H35NO4/c1-8-19(7,16(22)23-14-9-11-20-12-10-14)13-18(5,6)15(21)24-17(2,3)4/h14,20H,8-13H2,1-7H3. The van der Waals surface area contributed by atoms with Gasteiger partial charge >= 0.3 is 11.9 Å². The van der Waals surface area contributed by atoms with Crippen LogP contribution in [0.4, 0.5) is 0 Å². The van der Waals surface area contributed by atoms with E-state index in [0.717, 1.165) is 25.9 Å². The highest BCUT2D eigenvalue weighted by molar-refractivity contribution is 5.80. The van der Waals surface area contributed by atoms with Gasteiger partial charge in [-0.15, -0.1) is 0 Å². The summed E-state index contributed by atoms with van der Waals surface area (Å²) in [6.45, 7) is 14.9. The summed E-state index contributed by atoms with van der Waals surface area (Å²) in [6.07, 6.45) is 2.72. The van der Waals surface area contributed by atoms with E-state index >= 15 is 0 Å². The number of hydrogen-bond acceptors (Lipinski definition) is 5. The van der Waals surface area contributed by atoms with Crippen molar-refractivity contribution in [2.24, 2.45) is 10.8 Å². The number of piperidine rings is 1. The molecule has 1 saturated heterocycles. The Labute approximate surface area is 146 Å². The van der Waals surface area contributed by atoms with Gasteiger partial charge in [0.05, 0.1) is 10.8 Å². The van der Waals surface area contributed by atoms with E-state index in [1.54, 1.807) is 0 Å². The summed E-state index contributed by atoms with van der Waals surface area (Å²) in [4.78, 5) is 25.3. The molecule has 1 aliphatic heterocycles. The Balaban J connectivity index is 2.77. The molecule has 140 valence electrons. The molecule has 1 rings (SSSR count). The second-order valence-electron chi connectivity index (χ2n) is 8.83. The minimum atomic E-state index is -0.745. The monoisotopic (exact) mass is 341 g/mol. The van der Waals surface area contributed by atoms with E-state index in [-0.39, 0.29) is 18.0 Å². The van der Waals surface area contributed by atoms with Crippen molar-refractivity contribution >= 4 is 11.9 Å². The van der Waals surface area contributed by atoms with Crippen LogP contribution in [0, 0.1) is 10.8 Å². The molecule has 1 aliphatic rings. The Hall–Kier alpha value is -1.10. The molecule has 1 atom stereocenters. The third-order valence-corrected chi connectivity index (χ3v) is 4.62. The van der Waals surface area contributed by atoms with Gasteiger partial charge < -0.3 is 14.8 Å². The molecular weight excluding hydrogens is 306 g/mol. The van der Waals surface area contributed by atoms with Crippen molar-refractivity contribution < 1.29 is 19.1 Å². The summed E-state index contributed by atoms with van der Waals surface area (Å²) in [5.41, 5.74) is -1.97. The SMILES string of the molecule is CCC(C)(CC(C)(C)C(=O)OC(C)(C)C)C(=O)OC1CCNCC1. The average molecular weight is 341 g/mol. The van der Waals surface area contributed by atoms with Gasteiger partial charge in [0.2, 0.25) is 0 Å². The van der Waals surface area contributed by atoms with Crippen molar-refractivity contribution in [1.29, 1.82) is 0 Å². The molecule has 1 fully saturated rings. The van der Waals surface area contributed by atoms with E-state index in [2.05, 4.69) is 5.32 Å². The second kappa shape index (κ2) is 7.85. The molecule has 24 heavy (non-hydrogen) atoms. The summed E-state index contributed by atoms with van der Waals surface area (Å²) in [7, 11) is 0. The Kier molecular flexibility index (Phi) is 6.85. The van der Waals surface area contributed by atoms with Crippen LogP contribution in [0.1, 0.15) is 74.1 Å². The van der Waals surface area contributed by atoms with Crippen LogP contribution in [-0.2, 0) is 19.1 Å². The topological polar surface area (TPSA) is 64.6 Å². The first kappa shape index (κ1) is 20.9. The van der Waals surface area contributed by atoms with Crippen molar-refractivity contribution in [3.05, 3.63) is 0 Å². The highest BCUT2D eigenvalue weighted by atomic mass is 16.6. The quantitative estimate of drug-likeness (QED) is 0.750. The number of hydrogen-bond donors (Lipinski definition) is 1. The summed E-state index contributed by atoms with van der Waals surface area (Å²) in [5.74, 6) is -0.474. The third-order valence-electron chi connectivity index (χ3n) is 4.62. The molecule has 0 aliphatic carbocycles. The average Bonchev–Trinajstić information content (AvgIpc) is 2.45. The second-order valence-corrected chi connectivity index (χ2v) is 8.83. The lowest BCUT2D eigenvalue weighted by atomic mass is 9.72. The first-order valence-electron chi connectivity index (χ1n) is 9.05. The van der Waals surface area contributed by atoms with Crippen LogP contribution in [0.25, 0.3) is 0 Å². The molecule has 5 nitrogen and oxygen atoms in total. The third kappa shape index (κ3) is 6.08. The van der Waals surface area contributed by atoms with E-state index in [4.69, 9.17) is 9.47 Å². The molecule has 0 spiro atoms. The van der Waals surface area contributed by atoms with Crippen LogP contribution in [0.15, 0.2) is 0 Å². The lowest BCUT2D eigenvalue weighted by Crippen LogP contribution is -2.42. The Bertz CT molecular complexity index is 447. The molecule has 0 aromatic rings. The molecular formula is C19H35NO4. The maximum absolute atomic E-state index is 12.8. The minimum absolute atomic E-state index is 0.0192. The van der Waals surface area contributed by atoms with Gasteiger partial charge in [-0.2, -0.15) is 0 Å². The first-order valence-corrected chi connectivity index (χ1v) is 9.05. The normalized spacial score (nSPS) is 19.5. The van der Waals surface area contributed by atoms with E-state index in [1.807, 2.05) is 48.5 Å². The van der Waals surface area contributed by atoms with Crippen LogP contribution in [-0.4, -0.2) is 36.7 Å². The van der Waals surface area contributed by atoms with Crippen molar-refractivity contribution in [3.8, 4) is 0 Å². The van der Waals surface area contributed by atoms with Crippen molar-refractivity contribution in [2.75, 3.05) is 13.1 Å². The molecule has 0 aromatic carbocycles. The zero-order chi connectivity index (χ0) is 18.6. The fourth-order valence-electron chi connectivity index (χ4n) is 3.01. The van der Waals surface area contributed by atoms with Crippen LogP contribution < -0.4 is 5.32 Å². The molecule has 0 saturated carbocycles. The van der Waals surface area contributed by atoms with E-state index in [0.29, 0.717) is 12.8 Å². The maximum Gasteiger partial charge on any atom is 0.312 e. The Morgan fingerprint density at radius 1 is 1.00 bits per heavy atom. The number of carbonyl (C=O) groups excluding carboxylic acids is 2. The zero-order valence-electron chi connectivity index (χ0n) is 16.5. The zero-order valence-corrected chi connectivity index (χ0v) is 16.5. The van der Waals surface area contributed by atoms with Gasteiger partial charge in [-0.05, 0) is 80.3 Å². The van der Waals surface area contributed by atoms with Gasteiger partial charge in [-0.1, -0.05) is 6.92 Å². The highest BCUT2D eigenvalue weighted by Crippen LogP contribution is 2.39. The molecule has 5 heteroatoms. The molecule has 0 radical (unpaired) electrons. The predicted octanol–water partition coefficient (Wildman–Crippen LogP) is 3.46. The molecule has 0 amide bonds. The number of carbonyl (C=O) groups is 2. The van der Waals surface area contributed by atoms with Gasteiger partial charge in [-0.25, -0.2) is 0 Å². The van der Waals surface area contributed by atoms with Crippen LogP contribution in [0.2, 0.25) is 0 Å². The predicted molar refractivity (Wildman–Crippen MR) is 94.6 cm³/mol.